The van der Waals surface area contributed by atoms with Crippen molar-refractivity contribution in [3.05, 3.63) is 63.6 Å². The summed E-state index contributed by atoms with van der Waals surface area (Å²) in [6.07, 6.45) is 1.41. The zero-order chi connectivity index (χ0) is 13.1. The predicted molar refractivity (Wildman–Crippen MR) is 70.9 cm³/mol. The molecule has 0 bridgehead atoms. The molecule has 4 heteroatoms. The standard InChI is InChI=1S/C14H14N2O2/c1-9-3-4-10(2)12(7-9)16-14(18)11-5-6-13(17)15-8-11/h3-8H,1-2H3,(H,15,17)(H,16,18). The number of amides is 1. The normalized spacial score (nSPS) is 10.1. The number of nitrogens with one attached hydrogen (secondary N) is 2. The summed E-state index contributed by atoms with van der Waals surface area (Å²) in [6, 6.07) is 8.69. The van der Waals surface area contributed by atoms with Crippen molar-refractivity contribution in [3.63, 3.8) is 0 Å². The number of aryl methyl sites for hydroxylation is 2. The highest BCUT2D eigenvalue weighted by Gasteiger charge is 2.07. The van der Waals surface area contributed by atoms with Crippen LogP contribution in [0.4, 0.5) is 5.69 Å². The Morgan fingerprint density at radius 1 is 1.17 bits per heavy atom. The van der Waals surface area contributed by atoms with Gasteiger partial charge >= 0.3 is 0 Å². The Labute approximate surface area is 105 Å². The van der Waals surface area contributed by atoms with Crippen LogP contribution >= 0.6 is 0 Å². The van der Waals surface area contributed by atoms with Gasteiger partial charge in [0.25, 0.3) is 5.91 Å². The minimum Gasteiger partial charge on any atom is -0.328 e. The number of hydrogen-bond donors (Lipinski definition) is 2. The SMILES string of the molecule is Cc1ccc(C)c(NC(=O)c2ccc(=O)[nH]c2)c1. The van der Waals surface area contributed by atoms with Crippen LogP contribution in [-0.2, 0) is 0 Å². The molecule has 0 fully saturated rings. The van der Waals surface area contributed by atoms with Crippen LogP contribution in [0.2, 0.25) is 0 Å². The highest BCUT2D eigenvalue weighted by atomic mass is 16.1. The van der Waals surface area contributed by atoms with Gasteiger partial charge in [-0.2, -0.15) is 0 Å². The lowest BCUT2D eigenvalue weighted by Crippen LogP contribution is -2.15. The van der Waals surface area contributed by atoms with E-state index in [1.165, 1.54) is 18.3 Å². The van der Waals surface area contributed by atoms with Crippen LogP contribution in [0.1, 0.15) is 21.5 Å². The van der Waals surface area contributed by atoms with Crippen LogP contribution in [0.5, 0.6) is 0 Å². The Balaban J connectivity index is 2.23. The number of carbonyl (C=O) groups is 1. The summed E-state index contributed by atoms with van der Waals surface area (Å²) in [4.78, 5) is 25.3. The van der Waals surface area contributed by atoms with Gasteiger partial charge < -0.3 is 10.3 Å². The molecule has 0 atom stereocenters. The molecule has 0 saturated carbocycles. The summed E-state index contributed by atoms with van der Waals surface area (Å²) < 4.78 is 0. The first-order valence-electron chi connectivity index (χ1n) is 5.63. The molecule has 0 aliphatic rings. The summed E-state index contributed by atoms with van der Waals surface area (Å²) in [5.74, 6) is -0.236. The molecule has 0 radical (unpaired) electrons. The molecule has 2 rings (SSSR count). The molecule has 0 saturated heterocycles. The molecule has 1 heterocycles. The van der Waals surface area contributed by atoms with Crippen LogP contribution in [0.25, 0.3) is 0 Å². The lowest BCUT2D eigenvalue weighted by Gasteiger charge is -2.09. The summed E-state index contributed by atoms with van der Waals surface area (Å²) in [5, 5.41) is 2.83. The molecule has 2 aromatic rings. The molecule has 1 aromatic heterocycles. The smallest absolute Gasteiger partial charge is 0.257 e. The van der Waals surface area contributed by atoms with Gasteiger partial charge in [-0.25, -0.2) is 0 Å². The summed E-state index contributed by atoms with van der Waals surface area (Å²) in [6.45, 7) is 3.90. The van der Waals surface area contributed by atoms with Crippen LogP contribution in [-0.4, -0.2) is 10.9 Å². The average molecular weight is 242 g/mol. The Bertz CT molecular complexity index is 624. The lowest BCUT2D eigenvalue weighted by molar-refractivity contribution is 0.102. The Morgan fingerprint density at radius 2 is 1.94 bits per heavy atom. The molecule has 0 unspecified atom stereocenters. The summed E-state index contributed by atoms with van der Waals surface area (Å²) in [7, 11) is 0. The fraction of sp³-hybridized carbons (Fsp3) is 0.143. The molecule has 1 aromatic carbocycles. The van der Waals surface area contributed by atoms with Gasteiger partial charge in [-0.15, -0.1) is 0 Å². The minimum atomic E-state index is -0.236. The lowest BCUT2D eigenvalue weighted by atomic mass is 10.1. The zero-order valence-corrected chi connectivity index (χ0v) is 10.3. The number of rotatable bonds is 2. The Morgan fingerprint density at radius 3 is 2.61 bits per heavy atom. The molecule has 1 amide bonds. The predicted octanol–water partition coefficient (Wildman–Crippen LogP) is 2.24. The monoisotopic (exact) mass is 242 g/mol. The number of aromatic nitrogens is 1. The molecule has 0 aliphatic heterocycles. The van der Waals surface area contributed by atoms with Crippen LogP contribution in [0, 0.1) is 13.8 Å². The Hall–Kier alpha value is -2.36. The van der Waals surface area contributed by atoms with Gasteiger partial charge in [0, 0.05) is 18.0 Å². The van der Waals surface area contributed by atoms with Crippen molar-refractivity contribution in [2.24, 2.45) is 0 Å². The average Bonchev–Trinajstić information content (AvgIpc) is 2.34. The van der Waals surface area contributed by atoms with Crippen LogP contribution < -0.4 is 10.9 Å². The van der Waals surface area contributed by atoms with E-state index in [-0.39, 0.29) is 11.5 Å². The fourth-order valence-electron chi connectivity index (χ4n) is 1.62. The van der Waals surface area contributed by atoms with Gasteiger partial charge in [0.15, 0.2) is 0 Å². The van der Waals surface area contributed by atoms with E-state index in [1.807, 2.05) is 32.0 Å². The topological polar surface area (TPSA) is 62.0 Å². The maximum absolute atomic E-state index is 12.0. The van der Waals surface area contributed by atoms with E-state index in [4.69, 9.17) is 0 Å². The molecule has 4 nitrogen and oxygen atoms in total. The molecular weight excluding hydrogens is 228 g/mol. The minimum absolute atomic E-state index is 0.224. The highest BCUT2D eigenvalue weighted by Crippen LogP contribution is 2.17. The van der Waals surface area contributed by atoms with Crippen LogP contribution in [0.15, 0.2) is 41.3 Å². The molecule has 2 N–H and O–H groups in total. The van der Waals surface area contributed by atoms with E-state index in [2.05, 4.69) is 10.3 Å². The molecule has 0 spiro atoms. The van der Waals surface area contributed by atoms with Gasteiger partial charge in [0.1, 0.15) is 0 Å². The number of pyridine rings is 1. The van der Waals surface area contributed by atoms with Crippen molar-refractivity contribution in [2.45, 2.75) is 13.8 Å². The molecular formula is C14H14N2O2. The first-order chi connectivity index (χ1) is 8.56. The second kappa shape index (κ2) is 4.87. The van der Waals surface area contributed by atoms with E-state index in [0.29, 0.717) is 5.56 Å². The highest BCUT2D eigenvalue weighted by molar-refractivity contribution is 6.04. The van der Waals surface area contributed by atoms with Crippen molar-refractivity contribution in [1.82, 2.24) is 4.98 Å². The first kappa shape index (κ1) is 12.1. The second-order valence-electron chi connectivity index (χ2n) is 4.21. The first-order valence-corrected chi connectivity index (χ1v) is 5.63. The third-order valence-electron chi connectivity index (χ3n) is 2.69. The number of H-pyrrole nitrogens is 1. The van der Waals surface area contributed by atoms with Crippen molar-refractivity contribution in [2.75, 3.05) is 5.32 Å². The van der Waals surface area contributed by atoms with E-state index < -0.39 is 0 Å². The third-order valence-corrected chi connectivity index (χ3v) is 2.69. The van der Waals surface area contributed by atoms with E-state index in [0.717, 1.165) is 16.8 Å². The van der Waals surface area contributed by atoms with Crippen LogP contribution in [0.3, 0.4) is 0 Å². The van der Waals surface area contributed by atoms with Crippen molar-refractivity contribution in [3.8, 4) is 0 Å². The number of anilines is 1. The largest absolute Gasteiger partial charge is 0.328 e. The maximum atomic E-state index is 12.0. The molecule has 0 aliphatic carbocycles. The second-order valence-corrected chi connectivity index (χ2v) is 4.21. The van der Waals surface area contributed by atoms with Crippen molar-refractivity contribution >= 4 is 11.6 Å². The van der Waals surface area contributed by atoms with Gasteiger partial charge in [0.05, 0.1) is 5.56 Å². The third kappa shape index (κ3) is 2.66. The van der Waals surface area contributed by atoms with E-state index in [1.54, 1.807) is 0 Å². The number of carbonyl (C=O) groups excluding carboxylic acids is 1. The van der Waals surface area contributed by atoms with E-state index in [9.17, 15) is 9.59 Å². The number of aromatic amines is 1. The van der Waals surface area contributed by atoms with Crippen molar-refractivity contribution in [1.29, 1.82) is 0 Å². The number of benzene rings is 1. The zero-order valence-electron chi connectivity index (χ0n) is 10.3. The van der Waals surface area contributed by atoms with Crippen molar-refractivity contribution < 1.29 is 4.79 Å². The Kier molecular flexibility index (Phi) is 3.28. The van der Waals surface area contributed by atoms with Gasteiger partial charge in [-0.1, -0.05) is 12.1 Å². The van der Waals surface area contributed by atoms with Gasteiger partial charge in [-0.05, 0) is 37.1 Å². The summed E-state index contributed by atoms with van der Waals surface area (Å²) in [5.41, 5.74) is 3.07. The van der Waals surface area contributed by atoms with Gasteiger partial charge in [0.2, 0.25) is 5.56 Å². The summed E-state index contributed by atoms with van der Waals surface area (Å²) >= 11 is 0. The fourth-order valence-corrected chi connectivity index (χ4v) is 1.62. The van der Waals surface area contributed by atoms with E-state index >= 15 is 0 Å². The molecule has 92 valence electrons. The maximum Gasteiger partial charge on any atom is 0.257 e. The molecule has 18 heavy (non-hydrogen) atoms. The number of hydrogen-bond acceptors (Lipinski definition) is 2. The van der Waals surface area contributed by atoms with Gasteiger partial charge in [-0.3, -0.25) is 9.59 Å². The quantitative estimate of drug-likeness (QED) is 0.848.